The first-order valence-corrected chi connectivity index (χ1v) is 4.77. The minimum atomic E-state index is 0. The van der Waals surface area contributed by atoms with Gasteiger partial charge in [0.1, 0.15) is 0 Å². The zero-order valence-corrected chi connectivity index (χ0v) is 11.2. The minimum absolute atomic E-state index is 0. The van der Waals surface area contributed by atoms with Crippen LogP contribution in [0, 0.1) is 6.07 Å². The van der Waals surface area contributed by atoms with E-state index in [0.29, 0.717) is 0 Å². The Labute approximate surface area is 115 Å². The molecular formula is C13H10NY-. The Bertz CT molecular complexity index is 392. The molecule has 2 aromatic rings. The summed E-state index contributed by atoms with van der Waals surface area (Å²) in [5.41, 5.74) is 5.12. The predicted octanol–water partition coefficient (Wildman–Crippen LogP) is 3.13. The van der Waals surface area contributed by atoms with Crippen molar-refractivity contribution in [3.05, 3.63) is 59.7 Å². The maximum Gasteiger partial charge on any atom is 0.0392 e. The van der Waals surface area contributed by atoms with Crippen molar-refractivity contribution in [1.82, 2.24) is 0 Å². The third-order valence-corrected chi connectivity index (χ3v) is 2.62. The van der Waals surface area contributed by atoms with Crippen molar-refractivity contribution in [2.75, 3.05) is 5.32 Å². The van der Waals surface area contributed by atoms with Crippen LogP contribution in [-0.4, -0.2) is 0 Å². The standard InChI is InChI=1S/C13H10N.Y/c1-3-7-12-10(5-1)9-11-6-2-4-8-13(11)14-12;/h1,3-8,14H,9H2;/q-1;. The van der Waals surface area contributed by atoms with Crippen LogP contribution in [0.3, 0.4) is 0 Å². The first kappa shape index (κ1) is 10.8. The average Bonchev–Trinajstić information content (AvgIpc) is 2.26. The van der Waals surface area contributed by atoms with Gasteiger partial charge in [0, 0.05) is 38.4 Å². The molecule has 0 amide bonds. The van der Waals surface area contributed by atoms with Crippen LogP contribution in [0.1, 0.15) is 11.1 Å². The van der Waals surface area contributed by atoms with Crippen LogP contribution >= 0.6 is 0 Å². The number of hydrogen-bond acceptors (Lipinski definition) is 1. The molecule has 0 atom stereocenters. The molecule has 0 spiro atoms. The van der Waals surface area contributed by atoms with Gasteiger partial charge in [-0.15, -0.1) is 11.6 Å². The van der Waals surface area contributed by atoms with Crippen molar-refractivity contribution >= 4 is 11.4 Å². The summed E-state index contributed by atoms with van der Waals surface area (Å²) in [7, 11) is 0. The van der Waals surface area contributed by atoms with Gasteiger partial charge in [0.15, 0.2) is 0 Å². The van der Waals surface area contributed by atoms with E-state index in [2.05, 4.69) is 47.8 Å². The summed E-state index contributed by atoms with van der Waals surface area (Å²) in [6.45, 7) is 0. The SMILES string of the molecule is [Y].[c-]1ccc2c(c1)Cc1ccccc1N2. The summed E-state index contributed by atoms with van der Waals surface area (Å²) >= 11 is 0. The first-order chi connectivity index (χ1) is 6.93. The Kier molecular flexibility index (Phi) is 3.23. The molecule has 1 nitrogen and oxygen atoms in total. The molecule has 1 aliphatic heterocycles. The van der Waals surface area contributed by atoms with E-state index in [1.54, 1.807) is 0 Å². The maximum absolute atomic E-state index is 3.42. The Hall–Kier alpha value is -0.656. The fourth-order valence-electron chi connectivity index (χ4n) is 1.88. The molecule has 0 bridgehead atoms. The summed E-state index contributed by atoms with van der Waals surface area (Å²) in [6.07, 6.45) is 1.01. The molecule has 0 fully saturated rings. The Morgan fingerprint density at radius 2 is 1.80 bits per heavy atom. The topological polar surface area (TPSA) is 12.0 Å². The summed E-state index contributed by atoms with van der Waals surface area (Å²) in [5.74, 6) is 0. The maximum atomic E-state index is 3.42. The summed E-state index contributed by atoms with van der Waals surface area (Å²) < 4.78 is 0. The van der Waals surface area contributed by atoms with Gasteiger partial charge in [-0.3, -0.25) is 0 Å². The van der Waals surface area contributed by atoms with Crippen LogP contribution in [0.2, 0.25) is 0 Å². The number of nitrogens with one attached hydrogen (secondary N) is 1. The van der Waals surface area contributed by atoms with Crippen LogP contribution in [0.4, 0.5) is 11.4 Å². The smallest absolute Gasteiger partial charge is 0.0392 e. The molecule has 15 heavy (non-hydrogen) atoms. The zero-order chi connectivity index (χ0) is 9.38. The van der Waals surface area contributed by atoms with Gasteiger partial charge in [-0.05, 0) is 18.1 Å². The van der Waals surface area contributed by atoms with Crippen molar-refractivity contribution in [2.24, 2.45) is 0 Å². The molecule has 71 valence electrons. The van der Waals surface area contributed by atoms with Gasteiger partial charge in [0.2, 0.25) is 0 Å². The largest absolute Gasteiger partial charge is 0.378 e. The molecule has 2 heteroatoms. The van der Waals surface area contributed by atoms with Crippen LogP contribution in [-0.2, 0) is 39.1 Å². The molecule has 3 rings (SSSR count). The molecule has 1 heterocycles. The van der Waals surface area contributed by atoms with Crippen molar-refractivity contribution in [1.29, 1.82) is 0 Å². The molecule has 0 aliphatic carbocycles. The Morgan fingerprint density at radius 1 is 1.00 bits per heavy atom. The second kappa shape index (κ2) is 4.46. The Morgan fingerprint density at radius 3 is 2.73 bits per heavy atom. The molecule has 0 saturated heterocycles. The second-order valence-corrected chi connectivity index (χ2v) is 3.54. The molecular weight excluding hydrogens is 259 g/mol. The molecule has 0 aromatic heterocycles. The van der Waals surface area contributed by atoms with Crippen LogP contribution in [0.5, 0.6) is 0 Å². The van der Waals surface area contributed by atoms with E-state index in [-0.39, 0.29) is 32.7 Å². The zero-order valence-electron chi connectivity index (χ0n) is 8.33. The van der Waals surface area contributed by atoms with Crippen molar-refractivity contribution in [2.45, 2.75) is 6.42 Å². The van der Waals surface area contributed by atoms with E-state index in [9.17, 15) is 0 Å². The molecule has 1 aliphatic rings. The summed E-state index contributed by atoms with van der Waals surface area (Å²) in [5, 5.41) is 3.42. The fourth-order valence-corrected chi connectivity index (χ4v) is 1.88. The van der Waals surface area contributed by atoms with E-state index in [1.165, 1.54) is 22.5 Å². The van der Waals surface area contributed by atoms with Crippen LogP contribution in [0.25, 0.3) is 0 Å². The van der Waals surface area contributed by atoms with E-state index in [1.807, 2.05) is 6.07 Å². The van der Waals surface area contributed by atoms with Crippen molar-refractivity contribution in [3.8, 4) is 0 Å². The molecule has 2 aromatic carbocycles. The molecule has 0 unspecified atom stereocenters. The van der Waals surface area contributed by atoms with Gasteiger partial charge in [0.25, 0.3) is 0 Å². The van der Waals surface area contributed by atoms with Gasteiger partial charge in [-0.2, -0.15) is 18.2 Å². The third-order valence-electron chi connectivity index (χ3n) is 2.62. The van der Waals surface area contributed by atoms with Gasteiger partial charge in [0.05, 0.1) is 0 Å². The monoisotopic (exact) mass is 269 g/mol. The second-order valence-electron chi connectivity index (χ2n) is 3.54. The average molecular weight is 269 g/mol. The van der Waals surface area contributed by atoms with E-state index in [0.717, 1.165) is 6.42 Å². The molecule has 0 saturated carbocycles. The van der Waals surface area contributed by atoms with E-state index >= 15 is 0 Å². The number of hydrogen-bond donors (Lipinski definition) is 1. The van der Waals surface area contributed by atoms with Gasteiger partial charge in [-0.1, -0.05) is 23.9 Å². The predicted molar refractivity (Wildman–Crippen MR) is 57.8 cm³/mol. The molecule has 1 N–H and O–H groups in total. The van der Waals surface area contributed by atoms with Gasteiger partial charge < -0.3 is 5.32 Å². The summed E-state index contributed by atoms with van der Waals surface area (Å²) in [6, 6.07) is 17.6. The number of anilines is 2. The van der Waals surface area contributed by atoms with Crippen LogP contribution < -0.4 is 5.32 Å². The van der Waals surface area contributed by atoms with E-state index < -0.39 is 0 Å². The van der Waals surface area contributed by atoms with Gasteiger partial charge >= 0.3 is 0 Å². The summed E-state index contributed by atoms with van der Waals surface area (Å²) in [4.78, 5) is 0. The first-order valence-electron chi connectivity index (χ1n) is 4.77. The number of benzene rings is 2. The number of fused-ring (bicyclic) bond motifs is 2. The minimum Gasteiger partial charge on any atom is -0.378 e. The van der Waals surface area contributed by atoms with Crippen molar-refractivity contribution in [3.63, 3.8) is 0 Å². The fraction of sp³-hybridized carbons (Fsp3) is 0.0769. The normalized spacial score (nSPS) is 11.7. The molecule has 1 radical (unpaired) electrons. The van der Waals surface area contributed by atoms with Crippen molar-refractivity contribution < 1.29 is 32.7 Å². The quantitative estimate of drug-likeness (QED) is 0.618. The number of rotatable bonds is 0. The van der Waals surface area contributed by atoms with E-state index in [4.69, 9.17) is 0 Å². The van der Waals surface area contributed by atoms with Gasteiger partial charge in [-0.25, -0.2) is 0 Å². The third kappa shape index (κ3) is 1.99. The van der Waals surface area contributed by atoms with Crippen LogP contribution in [0.15, 0.2) is 42.5 Å². The Balaban J connectivity index is 0.000000853. The number of para-hydroxylation sites is 1.